The van der Waals surface area contributed by atoms with E-state index in [4.69, 9.17) is 10.5 Å². The van der Waals surface area contributed by atoms with Gasteiger partial charge in [-0.25, -0.2) is 19.7 Å². The number of nitrogens with two attached hydrogens (primary N) is 1. The highest BCUT2D eigenvalue weighted by Crippen LogP contribution is 2.39. The SMILES string of the molecule is CN(C)CCOc1ccc(Cn2c(=O)[nH]c3c(N)nc(-c4ncc(C5CC5)[nH]4)nc32)cc1. The Bertz CT molecular complexity index is 1300. The lowest BCUT2D eigenvalue weighted by Crippen LogP contribution is -2.19. The Kier molecular flexibility index (Phi) is 5.14. The van der Waals surface area contributed by atoms with Gasteiger partial charge in [-0.15, -0.1) is 0 Å². The van der Waals surface area contributed by atoms with Gasteiger partial charge in [0.25, 0.3) is 0 Å². The number of nitrogens with one attached hydrogen (secondary N) is 2. The number of aromatic nitrogens is 6. The Morgan fingerprint density at radius 1 is 1.19 bits per heavy atom. The highest BCUT2D eigenvalue weighted by Gasteiger charge is 2.26. The first-order chi connectivity index (χ1) is 15.5. The zero-order valence-electron chi connectivity index (χ0n) is 18.1. The average Bonchev–Trinajstić information content (AvgIpc) is 3.41. The van der Waals surface area contributed by atoms with Crippen molar-refractivity contribution in [2.24, 2.45) is 0 Å². The van der Waals surface area contributed by atoms with Crippen LogP contribution in [-0.2, 0) is 6.54 Å². The second-order valence-corrected chi connectivity index (χ2v) is 8.40. The van der Waals surface area contributed by atoms with Gasteiger partial charge in [0.15, 0.2) is 23.1 Å². The van der Waals surface area contributed by atoms with Crippen LogP contribution in [0.4, 0.5) is 5.82 Å². The summed E-state index contributed by atoms with van der Waals surface area (Å²) in [4.78, 5) is 34.1. The van der Waals surface area contributed by atoms with Gasteiger partial charge in [0.05, 0.1) is 6.54 Å². The predicted molar refractivity (Wildman–Crippen MR) is 122 cm³/mol. The molecule has 1 fully saturated rings. The van der Waals surface area contributed by atoms with Gasteiger partial charge in [-0.1, -0.05) is 12.1 Å². The van der Waals surface area contributed by atoms with Crippen LogP contribution in [0.15, 0.2) is 35.3 Å². The molecule has 4 N–H and O–H groups in total. The molecule has 5 rings (SSSR count). The smallest absolute Gasteiger partial charge is 0.328 e. The summed E-state index contributed by atoms with van der Waals surface area (Å²) in [6, 6.07) is 7.69. The van der Waals surface area contributed by atoms with Gasteiger partial charge in [0, 0.05) is 24.4 Å². The van der Waals surface area contributed by atoms with E-state index in [0.29, 0.717) is 41.9 Å². The monoisotopic (exact) mass is 434 g/mol. The summed E-state index contributed by atoms with van der Waals surface area (Å²) in [5.41, 5.74) is 8.76. The minimum absolute atomic E-state index is 0.217. The van der Waals surface area contributed by atoms with Gasteiger partial charge >= 0.3 is 5.69 Å². The summed E-state index contributed by atoms with van der Waals surface area (Å²) in [6.45, 7) is 1.80. The highest BCUT2D eigenvalue weighted by molar-refractivity contribution is 5.83. The van der Waals surface area contributed by atoms with Crippen molar-refractivity contribution in [3.05, 3.63) is 52.2 Å². The molecule has 1 aliphatic rings. The Labute approximate surface area is 184 Å². The van der Waals surface area contributed by atoms with Gasteiger partial charge in [-0.3, -0.25) is 4.57 Å². The van der Waals surface area contributed by atoms with Gasteiger partial charge in [0.2, 0.25) is 0 Å². The minimum atomic E-state index is -0.289. The van der Waals surface area contributed by atoms with Crippen molar-refractivity contribution in [3.8, 4) is 17.4 Å². The molecular formula is C22H26N8O2. The summed E-state index contributed by atoms with van der Waals surface area (Å²) >= 11 is 0. The van der Waals surface area contributed by atoms with E-state index in [1.807, 2.05) is 44.6 Å². The number of imidazole rings is 2. The van der Waals surface area contributed by atoms with Crippen LogP contribution in [0.1, 0.15) is 30.0 Å². The Hall–Kier alpha value is -3.66. The first-order valence-electron chi connectivity index (χ1n) is 10.7. The molecule has 32 heavy (non-hydrogen) atoms. The number of nitrogens with zero attached hydrogens (tertiary/aromatic N) is 5. The highest BCUT2D eigenvalue weighted by atomic mass is 16.5. The lowest BCUT2D eigenvalue weighted by Gasteiger charge is -2.11. The van der Waals surface area contributed by atoms with Crippen molar-refractivity contribution < 1.29 is 4.74 Å². The van der Waals surface area contributed by atoms with Crippen LogP contribution in [-0.4, -0.2) is 61.6 Å². The molecule has 0 unspecified atom stereocenters. The Balaban J connectivity index is 1.41. The van der Waals surface area contributed by atoms with Crippen LogP contribution in [0.3, 0.4) is 0 Å². The van der Waals surface area contributed by atoms with Crippen molar-refractivity contribution >= 4 is 17.0 Å². The fourth-order valence-corrected chi connectivity index (χ4v) is 3.57. The number of fused-ring (bicyclic) bond motifs is 1. The molecule has 1 aliphatic carbocycles. The fourth-order valence-electron chi connectivity index (χ4n) is 3.57. The summed E-state index contributed by atoms with van der Waals surface area (Å²) in [7, 11) is 4.01. The third-order valence-electron chi connectivity index (χ3n) is 5.55. The van der Waals surface area contributed by atoms with Crippen molar-refractivity contribution in [1.82, 2.24) is 34.4 Å². The Morgan fingerprint density at radius 3 is 2.69 bits per heavy atom. The van der Waals surface area contributed by atoms with Crippen LogP contribution in [0.2, 0.25) is 0 Å². The topological polar surface area (TPSA) is 131 Å². The normalized spacial score (nSPS) is 13.8. The predicted octanol–water partition coefficient (Wildman–Crippen LogP) is 1.96. The first-order valence-corrected chi connectivity index (χ1v) is 10.7. The summed E-state index contributed by atoms with van der Waals surface area (Å²) < 4.78 is 7.30. The van der Waals surface area contributed by atoms with Crippen LogP contribution >= 0.6 is 0 Å². The van der Waals surface area contributed by atoms with E-state index in [-0.39, 0.29) is 11.5 Å². The summed E-state index contributed by atoms with van der Waals surface area (Å²) in [5.74, 6) is 2.48. The molecule has 0 radical (unpaired) electrons. The van der Waals surface area contributed by atoms with E-state index < -0.39 is 0 Å². The second kappa shape index (κ2) is 8.12. The van der Waals surface area contributed by atoms with Gasteiger partial charge in [-0.2, -0.15) is 0 Å². The van der Waals surface area contributed by atoms with Crippen LogP contribution in [0.5, 0.6) is 5.75 Å². The van der Waals surface area contributed by atoms with E-state index in [2.05, 4.69) is 29.8 Å². The second-order valence-electron chi connectivity index (χ2n) is 8.40. The Morgan fingerprint density at radius 2 is 1.97 bits per heavy atom. The molecule has 0 bridgehead atoms. The number of anilines is 1. The maximum absolute atomic E-state index is 12.6. The summed E-state index contributed by atoms with van der Waals surface area (Å²) in [6.07, 6.45) is 4.16. The van der Waals surface area contributed by atoms with Crippen molar-refractivity contribution in [2.45, 2.75) is 25.3 Å². The van der Waals surface area contributed by atoms with Gasteiger partial charge in [-0.05, 0) is 44.6 Å². The van der Waals surface area contributed by atoms with E-state index in [0.717, 1.165) is 23.6 Å². The standard InChI is InChI=1S/C22H26N8O2/c1-29(2)9-10-32-15-7-3-13(4-8-15)12-30-21-17(26-22(30)31)18(23)27-20(28-21)19-24-11-16(25-19)14-5-6-14/h3-4,7-8,11,14H,5-6,9-10,12H2,1-2H3,(H,24,25)(H,26,31)(H2,23,27,28). The number of hydrogen-bond donors (Lipinski definition) is 3. The number of likely N-dealkylation sites (N-methyl/N-ethyl adjacent to an activating group) is 1. The molecule has 0 atom stereocenters. The molecule has 3 heterocycles. The van der Waals surface area contributed by atoms with E-state index in [9.17, 15) is 4.79 Å². The zero-order valence-corrected chi connectivity index (χ0v) is 18.1. The molecule has 10 nitrogen and oxygen atoms in total. The van der Waals surface area contributed by atoms with Gasteiger partial charge < -0.3 is 25.3 Å². The van der Waals surface area contributed by atoms with E-state index in [1.165, 1.54) is 12.8 Å². The largest absolute Gasteiger partial charge is 0.492 e. The number of H-pyrrole nitrogens is 2. The van der Waals surface area contributed by atoms with Crippen LogP contribution in [0, 0.1) is 0 Å². The number of hydrogen-bond acceptors (Lipinski definition) is 7. The van der Waals surface area contributed by atoms with Gasteiger partial charge in [0.1, 0.15) is 17.9 Å². The number of nitrogen functional groups attached to an aromatic ring is 1. The van der Waals surface area contributed by atoms with E-state index >= 15 is 0 Å². The number of benzene rings is 1. The zero-order chi connectivity index (χ0) is 22.2. The maximum Gasteiger partial charge on any atom is 0.328 e. The van der Waals surface area contributed by atoms with Crippen molar-refractivity contribution in [1.29, 1.82) is 0 Å². The quantitative estimate of drug-likeness (QED) is 0.386. The minimum Gasteiger partial charge on any atom is -0.492 e. The number of rotatable bonds is 8. The summed E-state index contributed by atoms with van der Waals surface area (Å²) in [5, 5.41) is 0. The molecule has 10 heteroatoms. The molecule has 0 amide bonds. The third kappa shape index (κ3) is 4.09. The molecule has 1 aromatic carbocycles. The van der Waals surface area contributed by atoms with Crippen LogP contribution in [0.25, 0.3) is 22.8 Å². The van der Waals surface area contributed by atoms with E-state index in [1.54, 1.807) is 4.57 Å². The third-order valence-corrected chi connectivity index (χ3v) is 5.55. The van der Waals surface area contributed by atoms with Crippen LogP contribution < -0.4 is 16.2 Å². The molecule has 0 spiro atoms. The van der Waals surface area contributed by atoms with Crippen molar-refractivity contribution in [3.63, 3.8) is 0 Å². The lowest BCUT2D eigenvalue weighted by molar-refractivity contribution is 0.261. The number of ether oxygens (including phenoxy) is 1. The first kappa shape index (κ1) is 20.3. The fraction of sp³-hybridized carbons (Fsp3) is 0.364. The molecule has 166 valence electrons. The molecule has 4 aromatic rings. The molecular weight excluding hydrogens is 408 g/mol. The average molecular weight is 435 g/mol. The molecule has 1 saturated carbocycles. The number of aromatic amines is 2. The lowest BCUT2D eigenvalue weighted by atomic mass is 10.2. The maximum atomic E-state index is 12.6. The molecule has 0 saturated heterocycles. The molecule has 0 aliphatic heterocycles. The molecule has 3 aromatic heterocycles. The van der Waals surface area contributed by atoms with Crippen molar-refractivity contribution in [2.75, 3.05) is 33.0 Å².